The molecule has 1 unspecified atom stereocenters. The van der Waals surface area contributed by atoms with Crippen LogP contribution in [-0.2, 0) is 24.5 Å². The molecule has 3 aliphatic rings. The summed E-state index contributed by atoms with van der Waals surface area (Å²) in [7, 11) is 1.63. The summed E-state index contributed by atoms with van der Waals surface area (Å²) in [5.41, 5.74) is 0.392. The zero-order valence-electron chi connectivity index (χ0n) is 23.7. The molecule has 9 nitrogen and oxygen atoms in total. The molecule has 228 valence electrons. The van der Waals surface area contributed by atoms with Gasteiger partial charge < -0.3 is 9.64 Å². The van der Waals surface area contributed by atoms with Crippen molar-refractivity contribution in [3.8, 4) is 0 Å². The van der Waals surface area contributed by atoms with Gasteiger partial charge in [-0.1, -0.05) is 17.3 Å². The normalized spacial score (nSPS) is 26.1. The molecular weight excluding hydrogens is 561 g/mol. The zero-order chi connectivity index (χ0) is 30.0. The second-order valence-corrected chi connectivity index (χ2v) is 12.0. The summed E-state index contributed by atoms with van der Waals surface area (Å²) in [4.78, 5) is 21.4. The highest BCUT2D eigenvalue weighted by Crippen LogP contribution is 2.51. The Morgan fingerprint density at radius 3 is 2.43 bits per heavy atom. The van der Waals surface area contributed by atoms with E-state index in [-0.39, 0.29) is 31.0 Å². The van der Waals surface area contributed by atoms with Crippen LogP contribution in [0.3, 0.4) is 0 Å². The van der Waals surface area contributed by atoms with Crippen LogP contribution in [0.5, 0.6) is 0 Å². The minimum Gasteiger partial charge on any atom is -0.376 e. The smallest absolute Gasteiger partial charge is 0.376 e. The van der Waals surface area contributed by atoms with Crippen LogP contribution in [0.15, 0.2) is 29.1 Å². The minimum absolute atomic E-state index is 0.00915. The number of halogens is 5. The Labute approximate surface area is 239 Å². The molecule has 0 amide bonds. The fourth-order valence-electron chi connectivity index (χ4n) is 6.77. The molecule has 0 N–H and O–H groups in total. The van der Waals surface area contributed by atoms with E-state index in [4.69, 9.17) is 4.74 Å². The van der Waals surface area contributed by atoms with E-state index < -0.39 is 35.3 Å². The Kier molecular flexibility index (Phi) is 7.27. The number of benzene rings is 1. The Morgan fingerprint density at radius 1 is 1.10 bits per heavy atom. The maximum atomic E-state index is 14.0. The lowest BCUT2D eigenvalue weighted by Gasteiger charge is -2.52. The van der Waals surface area contributed by atoms with Gasteiger partial charge in [-0.25, -0.2) is 18.3 Å². The molecule has 4 heterocycles. The van der Waals surface area contributed by atoms with E-state index in [1.807, 2.05) is 18.7 Å². The van der Waals surface area contributed by atoms with Gasteiger partial charge in [0.1, 0.15) is 0 Å². The first-order valence-corrected chi connectivity index (χ1v) is 14.3. The van der Waals surface area contributed by atoms with Crippen molar-refractivity contribution in [2.45, 2.75) is 82.4 Å². The van der Waals surface area contributed by atoms with Crippen molar-refractivity contribution >= 4 is 17.0 Å². The van der Waals surface area contributed by atoms with E-state index in [1.54, 1.807) is 11.7 Å². The van der Waals surface area contributed by atoms with Gasteiger partial charge in [0.05, 0.1) is 18.2 Å². The zero-order valence-corrected chi connectivity index (χ0v) is 23.7. The number of hydrogen-bond donors (Lipinski definition) is 0. The number of anilines is 1. The molecule has 42 heavy (non-hydrogen) atoms. The van der Waals surface area contributed by atoms with Gasteiger partial charge >= 0.3 is 11.9 Å². The largest absolute Gasteiger partial charge is 0.416 e. The third-order valence-electron chi connectivity index (χ3n) is 8.94. The molecule has 1 aliphatic carbocycles. The lowest BCUT2D eigenvalue weighted by molar-refractivity contribution is -0.138. The van der Waals surface area contributed by atoms with E-state index >= 15 is 0 Å². The fraction of sp³-hybridized carbons (Fsp3) is 0.643. The van der Waals surface area contributed by atoms with Crippen LogP contribution < -0.4 is 10.6 Å². The van der Waals surface area contributed by atoms with Gasteiger partial charge in [0, 0.05) is 57.7 Å². The standard InChI is InChI=1S/C28H34F5N7O2/c1-16-14-39(24-22-25(37(3)26(41)34-24)40(36-35-22)15-21-5-4-10-42-21)17(2)13-38(16)23(19-11-27(29,30)12-19)18-6-8-20(9-7-18)28(31,32)33/h6-9,16-17,19,21,23H,4-5,10-15H2,1-3H3/t16-,17+,21-,23?/m1/s1. The number of piperazine rings is 1. The van der Waals surface area contributed by atoms with Crippen molar-refractivity contribution in [2.75, 3.05) is 24.6 Å². The van der Waals surface area contributed by atoms with Gasteiger partial charge in [-0.2, -0.15) is 18.2 Å². The molecule has 1 aromatic carbocycles. The van der Waals surface area contributed by atoms with Crippen LogP contribution in [0.4, 0.5) is 27.8 Å². The van der Waals surface area contributed by atoms with Gasteiger partial charge in [0.25, 0.3) is 0 Å². The van der Waals surface area contributed by atoms with Crippen LogP contribution in [0.1, 0.15) is 56.7 Å². The summed E-state index contributed by atoms with van der Waals surface area (Å²) < 4.78 is 76.6. The summed E-state index contributed by atoms with van der Waals surface area (Å²) in [5.74, 6) is -2.77. The van der Waals surface area contributed by atoms with Crippen LogP contribution in [-0.4, -0.2) is 73.3 Å². The third kappa shape index (κ3) is 5.27. The molecule has 2 aliphatic heterocycles. The molecule has 3 aromatic rings. The molecule has 3 fully saturated rings. The van der Waals surface area contributed by atoms with Crippen molar-refractivity contribution < 1.29 is 26.7 Å². The van der Waals surface area contributed by atoms with Crippen LogP contribution in [0.2, 0.25) is 0 Å². The Balaban J connectivity index is 1.30. The number of fused-ring (bicyclic) bond motifs is 1. The number of ether oxygens (including phenoxy) is 1. The average molecular weight is 596 g/mol. The highest BCUT2D eigenvalue weighted by atomic mass is 19.4. The first kappa shape index (κ1) is 29.0. The Morgan fingerprint density at radius 2 is 1.81 bits per heavy atom. The maximum Gasteiger partial charge on any atom is 0.416 e. The van der Waals surface area contributed by atoms with Gasteiger partial charge in [-0.15, -0.1) is 5.10 Å². The van der Waals surface area contributed by atoms with Crippen molar-refractivity contribution in [2.24, 2.45) is 13.0 Å². The molecule has 14 heteroatoms. The molecule has 2 aromatic heterocycles. The Bertz CT molecular complexity index is 1490. The van der Waals surface area contributed by atoms with Crippen molar-refractivity contribution in [3.63, 3.8) is 0 Å². The maximum absolute atomic E-state index is 14.0. The fourth-order valence-corrected chi connectivity index (χ4v) is 6.77. The first-order chi connectivity index (χ1) is 19.8. The van der Waals surface area contributed by atoms with E-state index in [1.165, 1.54) is 16.7 Å². The predicted molar refractivity (Wildman–Crippen MR) is 144 cm³/mol. The van der Waals surface area contributed by atoms with Crippen molar-refractivity contribution in [1.29, 1.82) is 0 Å². The number of rotatable bonds is 6. The van der Waals surface area contributed by atoms with Crippen LogP contribution in [0, 0.1) is 5.92 Å². The second-order valence-electron chi connectivity index (χ2n) is 12.0. The quantitative estimate of drug-likeness (QED) is 0.391. The molecule has 0 radical (unpaired) electrons. The van der Waals surface area contributed by atoms with Gasteiger partial charge in [0.2, 0.25) is 5.92 Å². The van der Waals surface area contributed by atoms with E-state index in [0.29, 0.717) is 48.8 Å². The summed E-state index contributed by atoms with van der Waals surface area (Å²) >= 11 is 0. The topological polar surface area (TPSA) is 81.3 Å². The lowest BCUT2D eigenvalue weighted by Crippen LogP contribution is -2.60. The van der Waals surface area contributed by atoms with Gasteiger partial charge in [-0.05, 0) is 50.3 Å². The summed E-state index contributed by atoms with van der Waals surface area (Å²) in [6, 6.07) is 3.98. The Hall–Kier alpha value is -3.13. The number of alkyl halides is 5. The van der Waals surface area contributed by atoms with Crippen molar-refractivity contribution in [1.82, 2.24) is 29.4 Å². The number of aromatic nitrogens is 5. The molecule has 4 atom stereocenters. The molecule has 6 rings (SSSR count). The minimum atomic E-state index is -4.48. The number of nitrogens with zero attached hydrogens (tertiary/aromatic N) is 7. The highest BCUT2D eigenvalue weighted by Gasteiger charge is 2.51. The van der Waals surface area contributed by atoms with E-state index in [9.17, 15) is 26.7 Å². The third-order valence-corrected chi connectivity index (χ3v) is 8.94. The molecule has 0 bridgehead atoms. The predicted octanol–water partition coefficient (Wildman–Crippen LogP) is 4.41. The van der Waals surface area contributed by atoms with Crippen LogP contribution in [0.25, 0.3) is 11.2 Å². The van der Waals surface area contributed by atoms with E-state index in [0.717, 1.165) is 25.0 Å². The SMILES string of the molecule is C[C@@H]1CN(c2nc(=O)n(C)c3c2nnn3C[C@H]2CCCO2)[C@@H](C)CN1C(c1ccc(C(F)(F)F)cc1)C1CC(F)(F)C1. The number of hydrogen-bond acceptors (Lipinski definition) is 7. The summed E-state index contributed by atoms with van der Waals surface area (Å²) in [5, 5.41) is 8.72. The van der Waals surface area contributed by atoms with Gasteiger partial charge in [-0.3, -0.25) is 9.47 Å². The summed E-state index contributed by atoms with van der Waals surface area (Å²) in [6.45, 7) is 5.91. The molecule has 1 saturated carbocycles. The van der Waals surface area contributed by atoms with Crippen LogP contribution >= 0.6 is 0 Å². The first-order valence-electron chi connectivity index (χ1n) is 14.3. The van der Waals surface area contributed by atoms with Crippen molar-refractivity contribution in [3.05, 3.63) is 45.9 Å². The number of aryl methyl sites for hydroxylation is 1. The molecule has 2 saturated heterocycles. The molecular formula is C28H34F5N7O2. The highest BCUT2D eigenvalue weighted by molar-refractivity contribution is 5.83. The second kappa shape index (κ2) is 10.5. The summed E-state index contributed by atoms with van der Waals surface area (Å²) in [6.07, 6.45) is -3.26. The average Bonchev–Trinajstić information content (AvgIpc) is 3.58. The monoisotopic (exact) mass is 595 g/mol. The lowest BCUT2D eigenvalue weighted by atomic mass is 9.73. The van der Waals surface area contributed by atoms with E-state index in [2.05, 4.69) is 20.2 Å². The molecule has 0 spiro atoms. The van der Waals surface area contributed by atoms with Gasteiger partial charge in [0.15, 0.2) is 17.0 Å².